The van der Waals surface area contributed by atoms with Crippen LogP contribution >= 0.6 is 0 Å². The number of nitrogens with zero attached hydrogens (tertiary/aromatic N) is 2. The van der Waals surface area contributed by atoms with E-state index in [0.717, 1.165) is 23.0 Å². The predicted molar refractivity (Wildman–Crippen MR) is 57.6 cm³/mol. The Bertz CT molecular complexity index is 534. The van der Waals surface area contributed by atoms with Gasteiger partial charge in [-0.05, 0) is 25.5 Å². The minimum Gasteiger partial charge on any atom is -0.347 e. The summed E-state index contributed by atoms with van der Waals surface area (Å²) >= 11 is 0. The van der Waals surface area contributed by atoms with Gasteiger partial charge in [0.05, 0.1) is 10.9 Å². The third kappa shape index (κ3) is 1.09. The van der Waals surface area contributed by atoms with Gasteiger partial charge in [-0.3, -0.25) is 4.79 Å². The highest BCUT2D eigenvalue weighted by Gasteiger charge is 2.07. The lowest BCUT2D eigenvalue weighted by Crippen LogP contribution is -2.16. The maximum absolute atomic E-state index is 11.8. The predicted octanol–water partition coefficient (Wildman–Crippen LogP) is 1.67. The van der Waals surface area contributed by atoms with E-state index >= 15 is 0 Å². The van der Waals surface area contributed by atoms with Crippen LogP contribution in [0.2, 0.25) is 0 Å². The van der Waals surface area contributed by atoms with Crippen molar-refractivity contribution in [1.82, 2.24) is 9.13 Å². The molecule has 0 saturated heterocycles. The van der Waals surface area contributed by atoms with Crippen LogP contribution in [0, 0.1) is 6.92 Å². The molecule has 14 heavy (non-hydrogen) atoms. The van der Waals surface area contributed by atoms with Crippen LogP contribution in [0.5, 0.6) is 0 Å². The molecule has 0 N–H and O–H groups in total. The van der Waals surface area contributed by atoms with E-state index < -0.39 is 0 Å². The SMILES string of the molecule is CCn1ccc2c(=O)n(C)cc(C)c21. The first kappa shape index (κ1) is 9.06. The second kappa shape index (κ2) is 3.01. The molecule has 0 saturated carbocycles. The molecule has 3 nitrogen and oxygen atoms in total. The first-order valence-electron chi connectivity index (χ1n) is 4.80. The zero-order chi connectivity index (χ0) is 10.3. The van der Waals surface area contributed by atoms with Crippen molar-refractivity contribution in [3.05, 3.63) is 34.4 Å². The maximum Gasteiger partial charge on any atom is 0.259 e. The second-order valence-corrected chi connectivity index (χ2v) is 3.59. The third-order valence-electron chi connectivity index (χ3n) is 2.62. The monoisotopic (exact) mass is 190 g/mol. The second-order valence-electron chi connectivity index (χ2n) is 3.59. The normalized spacial score (nSPS) is 11.1. The van der Waals surface area contributed by atoms with Gasteiger partial charge in [-0.2, -0.15) is 0 Å². The molecule has 0 spiro atoms. The number of rotatable bonds is 1. The summed E-state index contributed by atoms with van der Waals surface area (Å²) in [5, 5.41) is 0.814. The van der Waals surface area contributed by atoms with Crippen LogP contribution in [0.15, 0.2) is 23.3 Å². The van der Waals surface area contributed by atoms with Gasteiger partial charge in [-0.15, -0.1) is 0 Å². The minimum absolute atomic E-state index is 0.0813. The molecule has 0 atom stereocenters. The van der Waals surface area contributed by atoms with E-state index in [9.17, 15) is 4.79 Å². The highest BCUT2D eigenvalue weighted by atomic mass is 16.1. The zero-order valence-electron chi connectivity index (χ0n) is 8.74. The maximum atomic E-state index is 11.8. The molecule has 0 aliphatic rings. The molecule has 2 aromatic heterocycles. The summed E-state index contributed by atoms with van der Waals surface area (Å²) < 4.78 is 3.74. The summed E-state index contributed by atoms with van der Waals surface area (Å²) in [5.41, 5.74) is 2.29. The van der Waals surface area contributed by atoms with Crippen molar-refractivity contribution in [2.24, 2.45) is 7.05 Å². The van der Waals surface area contributed by atoms with E-state index in [1.54, 1.807) is 11.6 Å². The number of hydrogen-bond acceptors (Lipinski definition) is 1. The first-order chi connectivity index (χ1) is 6.65. The highest BCUT2D eigenvalue weighted by Crippen LogP contribution is 2.15. The quantitative estimate of drug-likeness (QED) is 0.672. The Hall–Kier alpha value is -1.51. The van der Waals surface area contributed by atoms with Crippen LogP contribution in [0.3, 0.4) is 0 Å². The van der Waals surface area contributed by atoms with Gasteiger partial charge in [0.25, 0.3) is 5.56 Å². The van der Waals surface area contributed by atoms with Crippen molar-refractivity contribution in [1.29, 1.82) is 0 Å². The van der Waals surface area contributed by atoms with E-state index in [1.165, 1.54) is 0 Å². The molecule has 2 aromatic rings. The molecule has 2 heterocycles. The molecule has 3 heteroatoms. The third-order valence-corrected chi connectivity index (χ3v) is 2.62. The van der Waals surface area contributed by atoms with Gasteiger partial charge < -0.3 is 9.13 Å². The molecule has 0 aliphatic carbocycles. The van der Waals surface area contributed by atoms with Gasteiger partial charge in [-0.1, -0.05) is 0 Å². The lowest BCUT2D eigenvalue weighted by atomic mass is 10.2. The summed E-state index contributed by atoms with van der Waals surface area (Å²) in [6.45, 7) is 5.02. The zero-order valence-corrected chi connectivity index (χ0v) is 8.74. The lowest BCUT2D eigenvalue weighted by molar-refractivity contribution is 0.790. The van der Waals surface area contributed by atoms with E-state index in [1.807, 2.05) is 25.4 Å². The van der Waals surface area contributed by atoms with Gasteiger partial charge in [0.2, 0.25) is 0 Å². The molecule has 0 radical (unpaired) electrons. The van der Waals surface area contributed by atoms with Crippen LogP contribution in [0.4, 0.5) is 0 Å². The number of aryl methyl sites for hydroxylation is 3. The fourth-order valence-corrected chi connectivity index (χ4v) is 1.95. The fourth-order valence-electron chi connectivity index (χ4n) is 1.95. The van der Waals surface area contributed by atoms with E-state index in [4.69, 9.17) is 0 Å². The van der Waals surface area contributed by atoms with Crippen LogP contribution < -0.4 is 5.56 Å². The van der Waals surface area contributed by atoms with Gasteiger partial charge in [0, 0.05) is 26.0 Å². The van der Waals surface area contributed by atoms with E-state index in [0.29, 0.717) is 0 Å². The van der Waals surface area contributed by atoms with Crippen LogP contribution in [-0.2, 0) is 13.6 Å². The highest BCUT2D eigenvalue weighted by molar-refractivity contribution is 5.82. The van der Waals surface area contributed by atoms with Crippen molar-refractivity contribution in [2.75, 3.05) is 0 Å². The average molecular weight is 190 g/mol. The Morgan fingerprint density at radius 3 is 2.79 bits per heavy atom. The van der Waals surface area contributed by atoms with Crippen LogP contribution in [0.25, 0.3) is 10.9 Å². The van der Waals surface area contributed by atoms with E-state index in [2.05, 4.69) is 11.5 Å². The van der Waals surface area contributed by atoms with Crippen LogP contribution in [0.1, 0.15) is 12.5 Å². The molecule has 0 unspecified atom stereocenters. The Morgan fingerprint density at radius 1 is 1.43 bits per heavy atom. The number of pyridine rings is 1. The van der Waals surface area contributed by atoms with Crippen molar-refractivity contribution >= 4 is 10.9 Å². The summed E-state index contributed by atoms with van der Waals surface area (Å²) in [7, 11) is 1.79. The fraction of sp³-hybridized carbons (Fsp3) is 0.364. The minimum atomic E-state index is 0.0813. The Labute approximate surface area is 82.6 Å². The topological polar surface area (TPSA) is 26.9 Å². The molecular formula is C11H14N2O. The number of aromatic nitrogens is 2. The standard InChI is InChI=1S/C11H14N2O/c1-4-13-6-5-9-10(13)8(2)7-12(3)11(9)14/h5-7H,4H2,1-3H3. The molecule has 0 aromatic carbocycles. The molecule has 2 rings (SSSR count). The largest absolute Gasteiger partial charge is 0.347 e. The summed E-state index contributed by atoms with van der Waals surface area (Å²) in [5.74, 6) is 0. The Morgan fingerprint density at radius 2 is 2.14 bits per heavy atom. The smallest absolute Gasteiger partial charge is 0.259 e. The molecular weight excluding hydrogens is 176 g/mol. The number of fused-ring (bicyclic) bond motifs is 1. The van der Waals surface area contributed by atoms with Crippen LogP contribution in [-0.4, -0.2) is 9.13 Å². The molecule has 74 valence electrons. The van der Waals surface area contributed by atoms with Crippen molar-refractivity contribution in [3.63, 3.8) is 0 Å². The Kier molecular flexibility index (Phi) is 1.95. The van der Waals surface area contributed by atoms with Gasteiger partial charge in [0.15, 0.2) is 0 Å². The summed E-state index contributed by atoms with van der Waals surface area (Å²) in [4.78, 5) is 11.8. The van der Waals surface area contributed by atoms with Gasteiger partial charge in [-0.25, -0.2) is 0 Å². The van der Waals surface area contributed by atoms with Crippen molar-refractivity contribution in [2.45, 2.75) is 20.4 Å². The molecule has 0 aliphatic heterocycles. The Balaban J connectivity index is 2.97. The summed E-state index contributed by atoms with van der Waals surface area (Å²) in [6, 6.07) is 1.90. The number of hydrogen-bond donors (Lipinski definition) is 0. The van der Waals surface area contributed by atoms with Crippen molar-refractivity contribution in [3.8, 4) is 0 Å². The lowest BCUT2D eigenvalue weighted by Gasteiger charge is -2.05. The molecule has 0 amide bonds. The molecule has 0 bridgehead atoms. The first-order valence-corrected chi connectivity index (χ1v) is 4.80. The molecule has 0 fully saturated rings. The summed E-state index contributed by atoms with van der Waals surface area (Å²) in [6.07, 6.45) is 3.86. The van der Waals surface area contributed by atoms with E-state index in [-0.39, 0.29) is 5.56 Å². The van der Waals surface area contributed by atoms with Gasteiger partial charge >= 0.3 is 0 Å². The van der Waals surface area contributed by atoms with Gasteiger partial charge in [0.1, 0.15) is 0 Å². The van der Waals surface area contributed by atoms with Crippen molar-refractivity contribution < 1.29 is 0 Å². The average Bonchev–Trinajstić information content (AvgIpc) is 2.58.